The summed E-state index contributed by atoms with van der Waals surface area (Å²) in [6.07, 6.45) is 1.48. The number of hydrogen-bond donors (Lipinski definition) is 3. The van der Waals surface area contributed by atoms with Gasteiger partial charge in [-0.2, -0.15) is 0 Å². The van der Waals surface area contributed by atoms with E-state index in [1.165, 1.54) is 0 Å². The molecule has 0 saturated carbocycles. The highest BCUT2D eigenvalue weighted by Gasteiger charge is 2.31. The molecule has 10 heteroatoms. The zero-order valence-corrected chi connectivity index (χ0v) is 22.3. The number of ether oxygens (including phenoxy) is 3. The average molecular weight is 488 g/mol. The van der Waals surface area contributed by atoms with Crippen molar-refractivity contribution in [2.75, 3.05) is 6.54 Å². The molecule has 0 aromatic heterocycles. The van der Waals surface area contributed by atoms with Gasteiger partial charge in [-0.05, 0) is 94.5 Å². The molecule has 2 atom stereocenters. The van der Waals surface area contributed by atoms with E-state index in [1.54, 1.807) is 62.3 Å². The highest BCUT2D eigenvalue weighted by molar-refractivity contribution is 5.87. The van der Waals surface area contributed by atoms with Gasteiger partial charge in [-0.3, -0.25) is 4.79 Å². The third kappa shape index (κ3) is 16.3. The second-order valence-corrected chi connectivity index (χ2v) is 11.2. The van der Waals surface area contributed by atoms with Crippen LogP contribution in [0.3, 0.4) is 0 Å². The number of unbranched alkanes of at least 4 members (excludes halogenated alkanes) is 1. The molecule has 34 heavy (non-hydrogen) atoms. The summed E-state index contributed by atoms with van der Waals surface area (Å²) < 4.78 is 16.1. The van der Waals surface area contributed by atoms with Crippen molar-refractivity contribution in [1.82, 2.24) is 10.6 Å². The van der Waals surface area contributed by atoms with Gasteiger partial charge < -0.3 is 30.6 Å². The Balaban J connectivity index is 5.37. The molecule has 4 N–H and O–H groups in total. The largest absolute Gasteiger partial charge is 0.460 e. The van der Waals surface area contributed by atoms with Crippen LogP contribution >= 0.6 is 0 Å². The van der Waals surface area contributed by atoms with Crippen LogP contribution in [0.25, 0.3) is 0 Å². The lowest BCUT2D eigenvalue weighted by atomic mass is 10.1. The first-order valence-electron chi connectivity index (χ1n) is 11.8. The van der Waals surface area contributed by atoms with Crippen molar-refractivity contribution in [1.29, 1.82) is 0 Å². The van der Waals surface area contributed by atoms with Gasteiger partial charge in [-0.1, -0.05) is 0 Å². The smallest absolute Gasteiger partial charge is 0.329 e. The fourth-order valence-electron chi connectivity index (χ4n) is 2.75. The molecular formula is C24H45N3O7. The summed E-state index contributed by atoms with van der Waals surface area (Å²) in [6, 6.07) is -2.78. The van der Waals surface area contributed by atoms with Crippen LogP contribution in [0.1, 0.15) is 94.4 Å². The minimum atomic E-state index is -1.12. The van der Waals surface area contributed by atoms with E-state index >= 15 is 0 Å². The Kier molecular flexibility index (Phi) is 12.6. The molecule has 0 spiro atoms. The van der Waals surface area contributed by atoms with Crippen LogP contribution in [0.2, 0.25) is 0 Å². The van der Waals surface area contributed by atoms with E-state index in [9.17, 15) is 19.2 Å². The van der Waals surface area contributed by atoms with E-state index in [0.29, 0.717) is 25.8 Å². The molecule has 0 heterocycles. The van der Waals surface area contributed by atoms with Gasteiger partial charge >= 0.3 is 23.9 Å². The van der Waals surface area contributed by atoms with Gasteiger partial charge in [0.1, 0.15) is 28.9 Å². The first-order valence-corrected chi connectivity index (χ1v) is 11.8. The van der Waals surface area contributed by atoms with Crippen molar-refractivity contribution in [3.63, 3.8) is 0 Å². The Morgan fingerprint density at radius 3 is 1.47 bits per heavy atom. The normalized spacial score (nSPS) is 13.9. The standard InChI is InChI=1S/C24H45N3O7/c1-22(2,3)32-18(28)14-13-17(20(30)34-24(7,8)9)27-21(31)26-16(12-10-11-15-25)19(29)33-23(4,5)6/h16-17H,10-15,25H2,1-9H3,(H2,26,27,31). The number of amides is 2. The number of urea groups is 1. The van der Waals surface area contributed by atoms with Gasteiger partial charge in [0.15, 0.2) is 0 Å². The highest BCUT2D eigenvalue weighted by Crippen LogP contribution is 2.14. The van der Waals surface area contributed by atoms with E-state index in [-0.39, 0.29) is 12.8 Å². The molecule has 10 nitrogen and oxygen atoms in total. The van der Waals surface area contributed by atoms with Crippen molar-refractivity contribution in [3.05, 3.63) is 0 Å². The summed E-state index contributed by atoms with van der Waals surface area (Å²) in [7, 11) is 0. The number of hydrogen-bond acceptors (Lipinski definition) is 8. The maximum Gasteiger partial charge on any atom is 0.329 e. The molecule has 0 fully saturated rings. The molecule has 2 unspecified atom stereocenters. The number of rotatable bonds is 11. The minimum Gasteiger partial charge on any atom is -0.460 e. The van der Waals surface area contributed by atoms with Crippen molar-refractivity contribution in [3.8, 4) is 0 Å². The summed E-state index contributed by atoms with van der Waals surface area (Å²) in [6.45, 7) is 16.0. The lowest BCUT2D eigenvalue weighted by molar-refractivity contribution is -0.159. The topological polar surface area (TPSA) is 146 Å². The molecule has 0 aliphatic carbocycles. The summed E-state index contributed by atoms with van der Waals surface area (Å²) in [5.41, 5.74) is 3.34. The molecule has 0 radical (unpaired) electrons. The van der Waals surface area contributed by atoms with E-state index in [2.05, 4.69) is 10.6 Å². The predicted octanol–water partition coefficient (Wildman–Crippen LogP) is 2.96. The van der Waals surface area contributed by atoms with Gasteiger partial charge in [0.05, 0.1) is 0 Å². The van der Waals surface area contributed by atoms with Crippen molar-refractivity contribution in [2.45, 2.75) is 123 Å². The lowest BCUT2D eigenvalue weighted by Gasteiger charge is -2.27. The fourth-order valence-corrected chi connectivity index (χ4v) is 2.75. The van der Waals surface area contributed by atoms with E-state index in [0.717, 1.165) is 0 Å². The zero-order chi connectivity index (χ0) is 26.7. The molecule has 0 aromatic rings. The van der Waals surface area contributed by atoms with Crippen LogP contribution in [0.15, 0.2) is 0 Å². The maximum atomic E-state index is 12.7. The number of carbonyl (C=O) groups excluding carboxylic acids is 4. The Morgan fingerprint density at radius 1 is 0.676 bits per heavy atom. The molecular weight excluding hydrogens is 442 g/mol. The zero-order valence-electron chi connectivity index (χ0n) is 22.3. The van der Waals surface area contributed by atoms with Gasteiger partial charge in [0.25, 0.3) is 0 Å². The Morgan fingerprint density at radius 2 is 1.09 bits per heavy atom. The highest BCUT2D eigenvalue weighted by atomic mass is 16.6. The molecule has 0 rings (SSSR count). The van der Waals surface area contributed by atoms with E-state index in [4.69, 9.17) is 19.9 Å². The van der Waals surface area contributed by atoms with E-state index < -0.39 is 52.8 Å². The first-order chi connectivity index (χ1) is 15.3. The van der Waals surface area contributed by atoms with Crippen LogP contribution in [-0.2, 0) is 28.6 Å². The maximum absolute atomic E-state index is 12.7. The average Bonchev–Trinajstić information content (AvgIpc) is 2.60. The minimum absolute atomic E-state index is 0.0263. The fraction of sp³-hybridized carbons (Fsp3) is 0.833. The van der Waals surface area contributed by atoms with Crippen LogP contribution in [0.5, 0.6) is 0 Å². The summed E-state index contributed by atoms with van der Waals surface area (Å²) >= 11 is 0. The third-order valence-electron chi connectivity index (χ3n) is 4.00. The second-order valence-electron chi connectivity index (χ2n) is 11.2. The SMILES string of the molecule is CC(C)(C)OC(=O)CCC(NC(=O)NC(CCCCN)C(=O)OC(C)(C)C)C(=O)OC(C)(C)C. The Bertz CT molecular complexity index is 688. The quantitative estimate of drug-likeness (QED) is 0.229. The summed E-state index contributed by atoms with van der Waals surface area (Å²) in [5, 5.41) is 5.11. The Labute approximate surface area is 204 Å². The monoisotopic (exact) mass is 487 g/mol. The second kappa shape index (κ2) is 13.5. The van der Waals surface area contributed by atoms with Gasteiger partial charge in [0, 0.05) is 6.42 Å². The van der Waals surface area contributed by atoms with Crippen molar-refractivity contribution < 1.29 is 33.4 Å². The van der Waals surface area contributed by atoms with Gasteiger partial charge in [-0.15, -0.1) is 0 Å². The molecule has 0 aromatic carbocycles. The first kappa shape index (κ1) is 31.6. The molecule has 0 saturated heterocycles. The van der Waals surface area contributed by atoms with Crippen LogP contribution in [0.4, 0.5) is 4.79 Å². The third-order valence-corrected chi connectivity index (χ3v) is 4.00. The van der Waals surface area contributed by atoms with Gasteiger partial charge in [-0.25, -0.2) is 14.4 Å². The number of nitrogens with two attached hydrogens (primary N) is 1. The Hall–Kier alpha value is -2.36. The molecule has 2 amide bonds. The molecule has 0 aliphatic rings. The van der Waals surface area contributed by atoms with Crippen LogP contribution in [0, 0.1) is 0 Å². The molecule has 0 aliphatic heterocycles. The predicted molar refractivity (Wildman–Crippen MR) is 129 cm³/mol. The number of esters is 3. The van der Waals surface area contributed by atoms with Crippen molar-refractivity contribution in [2.24, 2.45) is 5.73 Å². The summed E-state index contributed by atoms with van der Waals surface area (Å²) in [4.78, 5) is 50.1. The van der Waals surface area contributed by atoms with Crippen molar-refractivity contribution >= 4 is 23.9 Å². The molecule has 198 valence electrons. The molecule has 0 bridgehead atoms. The summed E-state index contributed by atoms with van der Waals surface area (Å²) in [5.74, 6) is -1.78. The number of nitrogens with one attached hydrogen (secondary N) is 2. The van der Waals surface area contributed by atoms with Gasteiger partial charge in [0.2, 0.25) is 0 Å². The number of carbonyl (C=O) groups is 4. The van der Waals surface area contributed by atoms with E-state index in [1.807, 2.05) is 0 Å². The lowest BCUT2D eigenvalue weighted by Crippen LogP contribution is -2.53. The van der Waals surface area contributed by atoms with Crippen LogP contribution in [-0.4, -0.2) is 59.4 Å². The van der Waals surface area contributed by atoms with Crippen LogP contribution < -0.4 is 16.4 Å².